The number of nitrogens with one attached hydrogen (secondary N) is 12. The standard InChI is InChI=1S/C66H106N14O16/c1-9-14-43-58(89)70-34(3)57(88)76-46(28-37-20-23-40(83)24-21-37)60(91)75-44(15-10-2)59(90)78-53(35(4)81)63(94)73-42(55(67)87)17-11-19-51(85)71-45-29-38(22-25-50(45)84)30-48(72-52(86)32-66(6,7)8)65(96)80-27-13-18-49(80)62(93)79-54(36(5)82)64(95)77-47(61(92)74-43)31-39-33-69-56-41(39)16-12-26-68-56/h22,25,29,34-37,39-44,46-49,53-54,56,68-69,81-84H,9-21,23-24,26-28,30-33H2,1-8H3,(H2,67,87)(H,70,89)(H,71,85)(H,72,86)(H,73,94)(H,74,92)(H,75,91)(H,76,88)(H,77,95)(H,78,90)(H,79,93)/t34-,35+,36+,37?,39?,40?,41?,42-,43-,44-,46-,47-,48-,49-,53-,54-,56?/m0/s1. The number of nitrogens with zero attached hydrogens (tertiary/aromatic N) is 1. The Balaban J connectivity index is 1.35. The van der Waals surface area contributed by atoms with E-state index in [1.54, 1.807) is 13.8 Å². The van der Waals surface area contributed by atoms with Crippen LogP contribution in [0.2, 0.25) is 0 Å². The van der Waals surface area contributed by atoms with Gasteiger partial charge >= 0.3 is 0 Å². The number of anilines is 1. The molecule has 0 aromatic heterocycles. The lowest BCUT2D eigenvalue weighted by atomic mass is 9.83. The van der Waals surface area contributed by atoms with Crippen LogP contribution >= 0.6 is 0 Å². The summed E-state index contributed by atoms with van der Waals surface area (Å²) in [7, 11) is 0. The summed E-state index contributed by atoms with van der Waals surface area (Å²) in [6.45, 7) is 14.2. The SMILES string of the molecule is CCC[C@@H]1NC(=O)[C@H](CC2CNC3NCCCC23)NC(=O)[C@H]([C@@H](C)O)NC(=O)[C@@H]2CCCN2C(=O)[C@@H](NC(=O)CC(C)(C)C)Cc2ccc(O)c(c2)NC(=O)CCC[C@@H](C(N)=O)NC(=O)[C@H]([C@@H](C)O)NC(=O)[C@H](CCC)NC(=O)[C@H](CC2CCC(O)CC2)NC(=O)[C@H](C)NC1=O. The van der Waals surface area contributed by atoms with Crippen LogP contribution in [0.25, 0.3) is 0 Å². The van der Waals surface area contributed by atoms with Crippen molar-refractivity contribution in [2.45, 2.75) is 262 Å². The van der Waals surface area contributed by atoms with Gasteiger partial charge in [-0.2, -0.15) is 0 Å². The number of rotatable bonds is 13. The lowest BCUT2D eigenvalue weighted by molar-refractivity contribution is -0.143. The molecule has 4 heterocycles. The third kappa shape index (κ3) is 22.8. The zero-order valence-corrected chi connectivity index (χ0v) is 56.8. The molecule has 15 atom stereocenters. The number of fused-ring (bicyclic) bond motifs is 4. The van der Waals surface area contributed by atoms with Gasteiger partial charge in [0.2, 0.25) is 70.9 Å². The molecule has 3 unspecified atom stereocenters. The van der Waals surface area contributed by atoms with Crippen LogP contribution < -0.4 is 69.5 Å². The summed E-state index contributed by atoms with van der Waals surface area (Å²) in [5.74, 6) is -10.4. The molecule has 2 bridgehead atoms. The summed E-state index contributed by atoms with van der Waals surface area (Å²) in [6, 6.07) is -9.82. The Morgan fingerprint density at radius 3 is 1.84 bits per heavy atom. The van der Waals surface area contributed by atoms with Crippen LogP contribution in [0.3, 0.4) is 0 Å². The largest absolute Gasteiger partial charge is 0.506 e. The van der Waals surface area contributed by atoms with Gasteiger partial charge in [-0.05, 0) is 165 Å². The van der Waals surface area contributed by atoms with E-state index < -0.39 is 155 Å². The predicted octanol–water partition coefficient (Wildman–Crippen LogP) is -1.41. The zero-order valence-electron chi connectivity index (χ0n) is 56.8. The van der Waals surface area contributed by atoms with Crippen molar-refractivity contribution in [3.63, 3.8) is 0 Å². The predicted molar refractivity (Wildman–Crippen MR) is 352 cm³/mol. The summed E-state index contributed by atoms with van der Waals surface area (Å²) >= 11 is 0. The Kier molecular flexibility index (Phi) is 29.2. The number of hydrogen-bond acceptors (Lipinski definition) is 18. The average Bonchev–Trinajstić information content (AvgIpc) is 1.56. The van der Waals surface area contributed by atoms with Crippen LogP contribution in [0.4, 0.5) is 5.69 Å². The minimum Gasteiger partial charge on any atom is -0.506 e. The van der Waals surface area contributed by atoms with E-state index in [9.17, 15) is 78.0 Å². The van der Waals surface area contributed by atoms with Crippen LogP contribution in [0.5, 0.6) is 5.75 Å². The molecule has 1 aromatic rings. The fourth-order valence-corrected chi connectivity index (χ4v) is 13.4. The average molecular weight is 1350 g/mol. The molecule has 536 valence electrons. The van der Waals surface area contributed by atoms with E-state index in [1.807, 2.05) is 20.8 Å². The van der Waals surface area contributed by atoms with Crippen LogP contribution in [0.1, 0.15) is 177 Å². The highest BCUT2D eigenvalue weighted by Crippen LogP contribution is 2.33. The van der Waals surface area contributed by atoms with Crippen LogP contribution in [-0.4, -0.2) is 201 Å². The molecule has 1 saturated carbocycles. The Labute approximate surface area is 561 Å². The van der Waals surface area contributed by atoms with Crippen molar-refractivity contribution in [2.75, 3.05) is 25.0 Å². The topological polar surface area (TPSA) is 459 Å². The fourth-order valence-electron chi connectivity index (χ4n) is 13.4. The van der Waals surface area contributed by atoms with Gasteiger partial charge < -0.3 is 94.9 Å². The number of phenols is 1. The van der Waals surface area contributed by atoms with Gasteiger partial charge in [0.1, 0.15) is 66.2 Å². The quantitative estimate of drug-likeness (QED) is 0.101. The number of aromatic hydroxyl groups is 1. The number of aliphatic hydroxyl groups excluding tert-OH is 3. The number of amides is 12. The lowest BCUT2D eigenvalue weighted by Crippen LogP contribution is -2.62. The second-order valence-electron chi connectivity index (χ2n) is 28.1. The van der Waals surface area contributed by atoms with Gasteiger partial charge in [0, 0.05) is 25.8 Å². The first-order valence-corrected chi connectivity index (χ1v) is 34.3. The van der Waals surface area contributed by atoms with Crippen molar-refractivity contribution in [1.82, 2.24) is 63.4 Å². The van der Waals surface area contributed by atoms with E-state index in [2.05, 4.69) is 63.8 Å². The number of carbonyl (C=O) groups is 12. The van der Waals surface area contributed by atoms with Gasteiger partial charge in [-0.3, -0.25) is 57.5 Å². The van der Waals surface area contributed by atoms with Crippen molar-refractivity contribution in [3.8, 4) is 5.75 Å². The highest BCUT2D eigenvalue weighted by Gasteiger charge is 2.44. The minimum atomic E-state index is -1.71. The maximum Gasteiger partial charge on any atom is 0.246 e. The highest BCUT2D eigenvalue weighted by atomic mass is 16.3. The Morgan fingerprint density at radius 1 is 0.667 bits per heavy atom. The molecule has 30 nitrogen and oxygen atoms in total. The molecule has 96 heavy (non-hydrogen) atoms. The van der Waals surface area contributed by atoms with E-state index in [4.69, 9.17) is 5.73 Å². The highest BCUT2D eigenvalue weighted by molar-refractivity contribution is 5.99. The monoisotopic (exact) mass is 1350 g/mol. The molecular weight excluding hydrogens is 1240 g/mol. The number of primary amides is 1. The van der Waals surface area contributed by atoms with Gasteiger partial charge in [-0.15, -0.1) is 0 Å². The first kappa shape index (κ1) is 77.5. The smallest absolute Gasteiger partial charge is 0.246 e. The maximum absolute atomic E-state index is 14.9. The van der Waals surface area contributed by atoms with Crippen molar-refractivity contribution < 1.29 is 78.0 Å². The molecule has 30 heteroatoms. The molecule has 12 amide bonds. The van der Waals surface area contributed by atoms with Gasteiger partial charge in [0.25, 0.3) is 0 Å². The van der Waals surface area contributed by atoms with E-state index in [0.29, 0.717) is 57.1 Å². The van der Waals surface area contributed by atoms with E-state index in [-0.39, 0.29) is 106 Å². The van der Waals surface area contributed by atoms with Gasteiger partial charge in [-0.25, -0.2) is 0 Å². The molecule has 3 saturated heterocycles. The van der Waals surface area contributed by atoms with Crippen molar-refractivity contribution in [2.24, 2.45) is 28.9 Å². The van der Waals surface area contributed by atoms with Crippen LogP contribution in [0.15, 0.2) is 18.2 Å². The molecule has 0 spiro atoms. The first-order chi connectivity index (χ1) is 45.4. The third-order valence-electron chi connectivity index (χ3n) is 18.7. The molecule has 18 N–H and O–H groups in total. The molecular formula is C66H106N14O16. The van der Waals surface area contributed by atoms with Gasteiger partial charge in [-0.1, -0.05) is 53.5 Å². The molecule has 6 rings (SSSR count). The van der Waals surface area contributed by atoms with Crippen molar-refractivity contribution in [3.05, 3.63) is 23.8 Å². The van der Waals surface area contributed by atoms with Crippen molar-refractivity contribution >= 4 is 76.6 Å². The van der Waals surface area contributed by atoms with Crippen LogP contribution in [-0.2, 0) is 64.0 Å². The van der Waals surface area contributed by atoms with Crippen molar-refractivity contribution in [1.29, 1.82) is 0 Å². The summed E-state index contributed by atoms with van der Waals surface area (Å²) in [5.41, 5.74) is 5.46. The number of benzene rings is 1. The molecule has 1 aliphatic carbocycles. The number of carbonyl (C=O) groups excluding carboxylic acids is 12. The van der Waals surface area contributed by atoms with Gasteiger partial charge in [0.15, 0.2) is 0 Å². The molecule has 0 radical (unpaired) electrons. The normalized spacial score (nSPS) is 31.2. The second kappa shape index (κ2) is 36.2. The maximum atomic E-state index is 14.9. The van der Waals surface area contributed by atoms with E-state index >= 15 is 0 Å². The number of phenolic OH excluding ortho intramolecular Hbond substituents is 1. The third-order valence-corrected chi connectivity index (χ3v) is 18.7. The second-order valence-corrected chi connectivity index (χ2v) is 28.1. The summed E-state index contributed by atoms with van der Waals surface area (Å²) < 4.78 is 0. The van der Waals surface area contributed by atoms with Crippen LogP contribution in [0, 0.1) is 23.2 Å². The number of aliphatic hydroxyl groups is 3. The molecule has 1 aromatic carbocycles. The summed E-state index contributed by atoms with van der Waals surface area (Å²) in [4.78, 5) is 171. The number of nitrogens with two attached hydrogens (primary N) is 1. The molecule has 5 aliphatic rings. The fraction of sp³-hybridized carbons (Fsp3) is 0.727. The Bertz CT molecular complexity index is 2920. The van der Waals surface area contributed by atoms with E-state index in [1.165, 1.54) is 43.9 Å². The number of hydrogen-bond donors (Lipinski definition) is 17. The molecule has 4 fully saturated rings. The van der Waals surface area contributed by atoms with Gasteiger partial charge in [0.05, 0.1) is 30.2 Å². The Hall–Kier alpha value is -7.54. The Morgan fingerprint density at radius 2 is 1.24 bits per heavy atom. The zero-order chi connectivity index (χ0) is 70.7. The summed E-state index contributed by atoms with van der Waals surface area (Å²) in [5, 5.41) is 76.9. The summed E-state index contributed by atoms with van der Waals surface area (Å²) in [6.07, 6.45) is 0.330. The molecule has 4 aliphatic heterocycles. The minimum absolute atomic E-state index is 0.00498. The first-order valence-electron chi connectivity index (χ1n) is 34.3. The van der Waals surface area contributed by atoms with E-state index in [0.717, 1.165) is 19.4 Å². The number of piperidine rings is 1. The lowest BCUT2D eigenvalue weighted by Gasteiger charge is -2.33.